The molecule has 0 saturated carbocycles. The summed E-state index contributed by atoms with van der Waals surface area (Å²) in [6, 6.07) is 8.96. The Morgan fingerprint density at radius 1 is 1.60 bits per heavy atom. The van der Waals surface area contributed by atoms with E-state index in [0.29, 0.717) is 5.69 Å². The number of hydrazone groups is 1. The highest BCUT2D eigenvalue weighted by Gasteiger charge is 2.04. The number of benzene rings is 1. The number of primary amides is 1. The van der Waals surface area contributed by atoms with Crippen molar-refractivity contribution in [3.8, 4) is 6.07 Å². The van der Waals surface area contributed by atoms with Crippen LogP contribution in [0.5, 0.6) is 0 Å². The van der Waals surface area contributed by atoms with Crippen LogP contribution in [0.2, 0.25) is 0 Å². The number of hydrogen-bond donors (Lipinski definition) is 2. The maximum Gasteiger partial charge on any atom is 0.280 e. The van der Waals surface area contributed by atoms with E-state index in [1.807, 2.05) is 25.1 Å². The van der Waals surface area contributed by atoms with Gasteiger partial charge in [0.2, 0.25) is 5.71 Å². The minimum atomic E-state index is -0.849. The first-order valence-corrected chi connectivity index (χ1v) is 4.23. The van der Waals surface area contributed by atoms with E-state index in [1.54, 1.807) is 12.1 Å². The zero-order chi connectivity index (χ0) is 11.3. The van der Waals surface area contributed by atoms with Crippen molar-refractivity contribution in [1.29, 1.82) is 5.26 Å². The molecule has 1 aromatic rings. The van der Waals surface area contributed by atoms with Gasteiger partial charge >= 0.3 is 0 Å². The fraction of sp³-hybridized carbons (Fsp3) is 0.100. The van der Waals surface area contributed by atoms with E-state index in [9.17, 15) is 4.79 Å². The van der Waals surface area contributed by atoms with E-state index in [0.717, 1.165) is 5.56 Å². The Labute approximate surface area is 87.2 Å². The SMILES string of the molecule is Cc1cccc(N/N=C(\C#N)C(N)=O)c1. The summed E-state index contributed by atoms with van der Waals surface area (Å²) < 4.78 is 0. The average molecular weight is 202 g/mol. The fourth-order valence-corrected chi connectivity index (χ4v) is 0.970. The molecule has 76 valence electrons. The van der Waals surface area contributed by atoms with Crippen LogP contribution in [0.3, 0.4) is 0 Å². The highest BCUT2D eigenvalue weighted by atomic mass is 16.1. The van der Waals surface area contributed by atoms with Crippen LogP contribution in [0, 0.1) is 18.3 Å². The third-order valence-electron chi connectivity index (χ3n) is 1.65. The van der Waals surface area contributed by atoms with Gasteiger partial charge in [0.05, 0.1) is 5.69 Å². The second-order valence-corrected chi connectivity index (χ2v) is 2.92. The van der Waals surface area contributed by atoms with Crippen LogP contribution in [0.4, 0.5) is 5.69 Å². The number of nitriles is 1. The van der Waals surface area contributed by atoms with Crippen LogP contribution < -0.4 is 11.2 Å². The van der Waals surface area contributed by atoms with Crippen LogP contribution in [-0.2, 0) is 4.79 Å². The molecule has 0 saturated heterocycles. The van der Waals surface area contributed by atoms with Crippen molar-refractivity contribution in [3.63, 3.8) is 0 Å². The van der Waals surface area contributed by atoms with Gasteiger partial charge in [-0.2, -0.15) is 10.4 Å². The number of aryl methyl sites for hydroxylation is 1. The Kier molecular flexibility index (Phi) is 3.41. The van der Waals surface area contributed by atoms with Gasteiger partial charge in [-0.15, -0.1) is 0 Å². The summed E-state index contributed by atoms with van der Waals surface area (Å²) >= 11 is 0. The molecule has 5 nitrogen and oxygen atoms in total. The van der Waals surface area contributed by atoms with Gasteiger partial charge in [-0.3, -0.25) is 10.2 Å². The average Bonchev–Trinajstić information content (AvgIpc) is 2.18. The van der Waals surface area contributed by atoms with Gasteiger partial charge in [0.15, 0.2) is 0 Å². The summed E-state index contributed by atoms with van der Waals surface area (Å²) in [4.78, 5) is 10.6. The Morgan fingerprint density at radius 2 is 2.33 bits per heavy atom. The van der Waals surface area contributed by atoms with Crippen molar-refractivity contribution >= 4 is 17.3 Å². The first kappa shape index (κ1) is 10.7. The summed E-state index contributed by atoms with van der Waals surface area (Å²) in [6.07, 6.45) is 0. The van der Waals surface area contributed by atoms with Crippen LogP contribution in [0.25, 0.3) is 0 Å². The molecule has 0 radical (unpaired) electrons. The van der Waals surface area contributed by atoms with Crippen molar-refractivity contribution < 1.29 is 4.79 Å². The van der Waals surface area contributed by atoms with Crippen molar-refractivity contribution in [1.82, 2.24) is 0 Å². The van der Waals surface area contributed by atoms with Crippen LogP contribution in [0.15, 0.2) is 29.4 Å². The predicted molar refractivity (Wildman–Crippen MR) is 57.0 cm³/mol. The molecule has 0 fully saturated rings. The Bertz CT molecular complexity index is 445. The number of hydrogen-bond acceptors (Lipinski definition) is 4. The van der Waals surface area contributed by atoms with Gasteiger partial charge in [-0.1, -0.05) is 12.1 Å². The molecule has 1 amide bonds. The van der Waals surface area contributed by atoms with E-state index in [1.165, 1.54) is 0 Å². The maximum atomic E-state index is 10.6. The molecule has 0 spiro atoms. The first-order chi connectivity index (χ1) is 7.13. The lowest BCUT2D eigenvalue weighted by atomic mass is 10.2. The maximum absolute atomic E-state index is 10.6. The normalized spacial score (nSPS) is 10.5. The molecule has 15 heavy (non-hydrogen) atoms. The number of rotatable bonds is 3. The number of carbonyl (C=O) groups is 1. The highest BCUT2D eigenvalue weighted by molar-refractivity contribution is 6.44. The van der Waals surface area contributed by atoms with Gasteiger partial charge in [0.25, 0.3) is 5.91 Å². The summed E-state index contributed by atoms with van der Waals surface area (Å²) in [5, 5.41) is 12.1. The van der Waals surface area contributed by atoms with Gasteiger partial charge in [-0.05, 0) is 24.6 Å². The molecule has 0 aliphatic rings. The molecule has 0 atom stereocenters. The van der Waals surface area contributed by atoms with Crippen LogP contribution in [0.1, 0.15) is 5.56 Å². The lowest BCUT2D eigenvalue weighted by molar-refractivity contribution is -0.111. The smallest absolute Gasteiger partial charge is 0.280 e. The van der Waals surface area contributed by atoms with E-state index >= 15 is 0 Å². The van der Waals surface area contributed by atoms with E-state index in [4.69, 9.17) is 11.0 Å². The van der Waals surface area contributed by atoms with Crippen molar-refractivity contribution in [2.24, 2.45) is 10.8 Å². The molecule has 5 heteroatoms. The Balaban J connectivity index is 2.80. The van der Waals surface area contributed by atoms with E-state index in [-0.39, 0.29) is 5.71 Å². The van der Waals surface area contributed by atoms with Crippen LogP contribution in [-0.4, -0.2) is 11.6 Å². The molecular formula is C10H10N4O. The van der Waals surface area contributed by atoms with Crippen molar-refractivity contribution in [2.45, 2.75) is 6.92 Å². The molecular weight excluding hydrogens is 192 g/mol. The fourth-order valence-electron chi connectivity index (χ4n) is 0.970. The van der Waals surface area contributed by atoms with Crippen LogP contribution >= 0.6 is 0 Å². The number of carbonyl (C=O) groups excluding carboxylic acids is 1. The van der Waals surface area contributed by atoms with Crippen molar-refractivity contribution in [3.05, 3.63) is 29.8 Å². The third-order valence-corrected chi connectivity index (χ3v) is 1.65. The number of anilines is 1. The second-order valence-electron chi connectivity index (χ2n) is 2.92. The molecule has 0 aromatic heterocycles. The lowest BCUT2D eigenvalue weighted by Crippen LogP contribution is -2.22. The van der Waals surface area contributed by atoms with Gasteiger partial charge < -0.3 is 5.73 Å². The van der Waals surface area contributed by atoms with E-state index in [2.05, 4.69) is 10.5 Å². The summed E-state index contributed by atoms with van der Waals surface area (Å²) in [6.45, 7) is 1.92. The second kappa shape index (κ2) is 4.77. The molecule has 0 unspecified atom stereocenters. The van der Waals surface area contributed by atoms with Gasteiger partial charge in [0, 0.05) is 0 Å². The Morgan fingerprint density at radius 3 is 2.87 bits per heavy atom. The number of nitrogens with zero attached hydrogens (tertiary/aromatic N) is 2. The topological polar surface area (TPSA) is 91.3 Å². The predicted octanol–water partition coefficient (Wildman–Crippen LogP) is 0.772. The number of nitrogens with one attached hydrogen (secondary N) is 1. The zero-order valence-corrected chi connectivity index (χ0v) is 8.19. The summed E-state index contributed by atoms with van der Waals surface area (Å²) in [7, 11) is 0. The van der Waals surface area contributed by atoms with Crippen molar-refractivity contribution in [2.75, 3.05) is 5.43 Å². The molecule has 3 N–H and O–H groups in total. The quantitative estimate of drug-likeness (QED) is 0.560. The third kappa shape index (κ3) is 3.12. The first-order valence-electron chi connectivity index (χ1n) is 4.23. The molecule has 0 aliphatic carbocycles. The largest absolute Gasteiger partial charge is 0.364 e. The molecule has 1 rings (SSSR count). The lowest BCUT2D eigenvalue weighted by Gasteiger charge is -2.00. The number of nitrogens with two attached hydrogens (primary N) is 1. The number of amides is 1. The standard InChI is InChI=1S/C10H10N4O/c1-7-3-2-4-8(5-7)13-14-9(6-11)10(12)15/h2-5,13H,1H3,(H2,12,15)/b14-9+. The zero-order valence-electron chi connectivity index (χ0n) is 8.19. The molecule has 1 aromatic carbocycles. The molecule has 0 heterocycles. The summed E-state index contributed by atoms with van der Waals surface area (Å²) in [5.41, 5.74) is 8.89. The van der Waals surface area contributed by atoms with Gasteiger partial charge in [-0.25, -0.2) is 0 Å². The molecule has 0 aliphatic heterocycles. The monoisotopic (exact) mass is 202 g/mol. The minimum Gasteiger partial charge on any atom is -0.364 e. The molecule has 0 bridgehead atoms. The van der Waals surface area contributed by atoms with E-state index < -0.39 is 5.91 Å². The van der Waals surface area contributed by atoms with Gasteiger partial charge in [0.1, 0.15) is 6.07 Å². The Hall–Kier alpha value is -2.35. The highest BCUT2D eigenvalue weighted by Crippen LogP contribution is 2.08. The summed E-state index contributed by atoms with van der Waals surface area (Å²) in [5.74, 6) is -0.849. The minimum absolute atomic E-state index is 0.350.